The first-order valence-electron chi connectivity index (χ1n) is 50.9. The van der Waals surface area contributed by atoms with Gasteiger partial charge in [0.15, 0.2) is 5.82 Å². The van der Waals surface area contributed by atoms with Crippen LogP contribution in [-0.4, -0.2) is 52.3 Å². The number of rotatable bonds is 15. The molecule has 11 heteroatoms. The van der Waals surface area contributed by atoms with Gasteiger partial charge in [-0.1, -0.05) is 394 Å². The van der Waals surface area contributed by atoms with Crippen molar-refractivity contribution < 1.29 is 0 Å². The average molecular weight is 1920 g/mol. The Labute approximate surface area is 864 Å². The minimum atomic E-state index is 0.687. The second-order valence-electron chi connectivity index (χ2n) is 38.2. The predicted molar refractivity (Wildman–Crippen MR) is 623 cm³/mol. The van der Waals surface area contributed by atoms with Gasteiger partial charge in [0.05, 0.1) is 55.3 Å². The summed E-state index contributed by atoms with van der Waals surface area (Å²) in [6.07, 6.45) is 5.65. The third kappa shape index (κ3) is 15.3. The summed E-state index contributed by atoms with van der Waals surface area (Å²) in [5.41, 5.74) is 38.2. The molecule has 10 heterocycles. The maximum atomic E-state index is 5.28. The molecule has 702 valence electrons. The third-order valence-corrected chi connectivity index (χ3v) is 29.5. The fraction of sp³-hybridized carbons (Fsp3) is 0. The Balaban J connectivity index is 0.000000108. The molecule has 0 fully saturated rings. The summed E-state index contributed by atoms with van der Waals surface area (Å²) in [5, 5.41) is 14.3. The molecule has 0 unspecified atom stereocenters. The number of hydrogen-bond acceptors (Lipinski definition) is 5. The van der Waals surface area contributed by atoms with Crippen molar-refractivity contribution in [1.82, 2.24) is 52.3 Å². The largest absolute Gasteiger partial charge is 0.309 e. The number of para-hydroxylation sites is 7. The molecule has 0 radical (unpaired) electrons. The van der Waals surface area contributed by atoms with Crippen molar-refractivity contribution in [3.63, 3.8) is 0 Å². The molecule has 0 aliphatic rings. The van der Waals surface area contributed by atoms with Gasteiger partial charge in [0.25, 0.3) is 0 Å². The molecule has 30 aromatic rings. The minimum Gasteiger partial charge on any atom is -0.309 e. The van der Waals surface area contributed by atoms with Crippen LogP contribution < -0.4 is 0 Å². The summed E-state index contributed by atoms with van der Waals surface area (Å²) in [4.78, 5) is 25.0. The number of aromatic nitrogens is 11. The van der Waals surface area contributed by atoms with Gasteiger partial charge in [0.1, 0.15) is 22.8 Å². The van der Waals surface area contributed by atoms with Crippen molar-refractivity contribution in [2.75, 3.05) is 0 Å². The van der Waals surface area contributed by atoms with Crippen LogP contribution in [0.25, 0.3) is 266 Å². The predicted octanol–water partition coefficient (Wildman–Crippen LogP) is 35.6. The van der Waals surface area contributed by atoms with Crippen molar-refractivity contribution >= 4 is 131 Å². The van der Waals surface area contributed by atoms with Gasteiger partial charge in [-0.3, -0.25) is 18.3 Å². The van der Waals surface area contributed by atoms with Gasteiger partial charge in [-0.25, -0.2) is 24.9 Å². The van der Waals surface area contributed by atoms with Crippen molar-refractivity contribution in [3.05, 3.63) is 552 Å². The van der Waals surface area contributed by atoms with Crippen LogP contribution >= 0.6 is 0 Å². The Hall–Kier alpha value is -20.3. The summed E-state index contributed by atoms with van der Waals surface area (Å²) in [7, 11) is 0. The third-order valence-electron chi connectivity index (χ3n) is 29.5. The molecule has 30 rings (SSSR count). The number of benzene rings is 20. The van der Waals surface area contributed by atoms with E-state index in [1.807, 2.05) is 61.1 Å². The van der Waals surface area contributed by atoms with Crippen LogP contribution in [0, 0.1) is 0 Å². The van der Waals surface area contributed by atoms with Gasteiger partial charge in [0.2, 0.25) is 0 Å². The monoisotopic (exact) mass is 1910 g/mol. The molecular weight excluding hydrogens is 1820 g/mol. The van der Waals surface area contributed by atoms with Gasteiger partial charge in [-0.05, 0) is 195 Å². The molecule has 0 atom stereocenters. The normalized spacial score (nSPS) is 11.6. The molecule has 0 amide bonds. The van der Waals surface area contributed by atoms with E-state index in [0.717, 1.165) is 134 Å². The summed E-state index contributed by atoms with van der Waals surface area (Å²) in [5.74, 6) is 1.51. The Bertz CT molecular complexity index is 10400. The Morgan fingerprint density at radius 3 is 0.800 bits per heavy atom. The molecule has 0 spiro atoms. The molecule has 0 aliphatic carbocycles. The highest BCUT2D eigenvalue weighted by molar-refractivity contribution is 6.20. The minimum absolute atomic E-state index is 0.687. The lowest BCUT2D eigenvalue weighted by atomic mass is 10.00. The summed E-state index contributed by atoms with van der Waals surface area (Å²) < 4.78 is 14.1. The van der Waals surface area contributed by atoms with E-state index in [4.69, 9.17) is 24.9 Å². The first-order chi connectivity index (χ1) is 74.4. The Morgan fingerprint density at radius 1 is 0.140 bits per heavy atom. The van der Waals surface area contributed by atoms with Crippen molar-refractivity contribution in [1.29, 1.82) is 0 Å². The summed E-state index contributed by atoms with van der Waals surface area (Å²) in [6.45, 7) is 0. The molecule has 10 aromatic heterocycles. The molecule has 0 bridgehead atoms. The van der Waals surface area contributed by atoms with Gasteiger partial charge >= 0.3 is 0 Å². The van der Waals surface area contributed by atoms with E-state index in [1.54, 1.807) is 0 Å². The molecule has 11 nitrogen and oxygen atoms in total. The van der Waals surface area contributed by atoms with Crippen LogP contribution in [0.15, 0.2) is 552 Å². The van der Waals surface area contributed by atoms with Gasteiger partial charge < -0.3 is 9.13 Å². The fourth-order valence-corrected chi connectivity index (χ4v) is 22.7. The quantitative estimate of drug-likeness (QED) is 0.102. The highest BCUT2D eigenvalue weighted by atomic mass is 15.1. The Morgan fingerprint density at radius 2 is 0.407 bits per heavy atom. The van der Waals surface area contributed by atoms with E-state index in [2.05, 4.69) is 519 Å². The van der Waals surface area contributed by atoms with Crippen LogP contribution in [0.3, 0.4) is 0 Å². The van der Waals surface area contributed by atoms with Crippen molar-refractivity contribution in [2.24, 2.45) is 0 Å². The van der Waals surface area contributed by atoms with Crippen LogP contribution in [-0.2, 0) is 0 Å². The van der Waals surface area contributed by atoms with Crippen LogP contribution in [0.4, 0.5) is 0 Å². The SMILES string of the molecule is c1ccc(-c2cc(-n3c4ccccc4c4cccc(-c5ccc6c7cccnc7n(-c7ccccc7)c6c5)c43)nc(-c3ccccc3)n2)cc1.c1ccc(-c2ccc(-n3c4cc(-c5cccc6c7ccccc7n(-c7cccc(-c8ccccc8)c7)c56)ccc4c4cccnc43)cc2)cc1.c1ccc(-c2cccc(-n3c4cc(-c5cccc6c7ccccc7n(-c7cccc(-c8ccccc8)c7)c56)ccc4c4cccnc43)c2)cc1. The zero-order valence-corrected chi connectivity index (χ0v) is 81.5. The zero-order valence-electron chi connectivity index (χ0n) is 81.5. The van der Waals surface area contributed by atoms with Gasteiger partial charge in [0, 0.05) is 146 Å². The van der Waals surface area contributed by atoms with Gasteiger partial charge in [-0.15, -0.1) is 0 Å². The molecule has 0 N–H and O–H groups in total. The molecule has 0 saturated carbocycles. The van der Waals surface area contributed by atoms with E-state index in [-0.39, 0.29) is 0 Å². The smallest absolute Gasteiger partial charge is 0.162 e. The second-order valence-corrected chi connectivity index (χ2v) is 38.2. The highest BCUT2D eigenvalue weighted by Crippen LogP contribution is 2.48. The molecule has 0 saturated heterocycles. The lowest BCUT2D eigenvalue weighted by Gasteiger charge is -2.14. The zero-order chi connectivity index (χ0) is 99.1. The topological polar surface area (TPSA) is 94.0 Å². The number of fused-ring (bicyclic) bond motifs is 18. The first kappa shape index (κ1) is 87.5. The fourth-order valence-electron chi connectivity index (χ4n) is 22.7. The molecule has 0 aliphatic heterocycles. The van der Waals surface area contributed by atoms with E-state index < -0.39 is 0 Å². The van der Waals surface area contributed by atoms with Crippen LogP contribution in [0.2, 0.25) is 0 Å². The maximum absolute atomic E-state index is 5.28. The number of hydrogen-bond donors (Lipinski definition) is 0. The summed E-state index contributed by atoms with van der Waals surface area (Å²) >= 11 is 0. The van der Waals surface area contributed by atoms with Crippen LogP contribution in [0.1, 0.15) is 0 Å². The van der Waals surface area contributed by atoms with E-state index in [0.29, 0.717) is 5.82 Å². The lowest BCUT2D eigenvalue weighted by Crippen LogP contribution is -2.03. The van der Waals surface area contributed by atoms with Gasteiger partial charge in [-0.2, -0.15) is 0 Å². The number of pyridine rings is 3. The van der Waals surface area contributed by atoms with Crippen molar-refractivity contribution in [3.8, 4) is 135 Å². The maximum Gasteiger partial charge on any atom is 0.162 e. The van der Waals surface area contributed by atoms with E-state index in [9.17, 15) is 0 Å². The number of nitrogens with zero attached hydrogens (tertiary/aromatic N) is 11. The molecular formula is C139H91N11. The molecule has 150 heavy (non-hydrogen) atoms. The van der Waals surface area contributed by atoms with Crippen molar-refractivity contribution in [2.45, 2.75) is 0 Å². The van der Waals surface area contributed by atoms with E-state index in [1.165, 1.54) is 126 Å². The molecule has 20 aromatic carbocycles. The Kier molecular flexibility index (Phi) is 21.7. The lowest BCUT2D eigenvalue weighted by molar-refractivity contribution is 1.05. The average Bonchev–Trinajstić information content (AvgIpc) is 1.57. The van der Waals surface area contributed by atoms with E-state index >= 15 is 0 Å². The first-order valence-corrected chi connectivity index (χ1v) is 50.9. The summed E-state index contributed by atoms with van der Waals surface area (Å²) in [6, 6.07) is 190. The van der Waals surface area contributed by atoms with Crippen LogP contribution in [0.5, 0.6) is 0 Å². The highest BCUT2D eigenvalue weighted by Gasteiger charge is 2.27. The second kappa shape index (κ2) is 37.2. The standard InChI is InChI=1S/2C47H31N3.C45H29N5/c1-3-13-32(14-4-1)34-17-9-19-37(29-34)49-44-25-8-7-21-40(44)42-23-11-22-39(46(42)49)36-26-27-41-43-24-12-28-48-47(43)50(45(41)31-36)38-20-10-18-35(30-38)33-15-5-2-6-16-33;1-3-12-32(13-4-1)34-23-26-37(27-24-34)50-45-31-36(25-28-41(45)43-21-11-29-48-47(43)50)39-19-10-20-42-40-18-7-8-22-44(40)49(46(39)42)38-17-9-16-35(30-38)33-14-5-2-6-15-33;1-4-14-30(15-5-1)39-29-42(48-44(47-39)31-16-6-2-7-17-31)50-40-24-11-10-20-35(40)37-22-12-21-34(43(37)50)32-25-26-36-38-23-13-27-46-45(38)49(41(36)28-32)33-18-8-3-9-19-33/h2*1-31H;1-29H.